The Morgan fingerprint density at radius 2 is 1.08 bits per heavy atom. The van der Waals surface area contributed by atoms with Gasteiger partial charge in [0.2, 0.25) is 0 Å². The number of thiophene rings is 1. The fraction of sp³-hybridized carbons (Fsp3) is 0.700. The van der Waals surface area contributed by atoms with E-state index in [0.717, 1.165) is 26.2 Å². The van der Waals surface area contributed by atoms with Gasteiger partial charge in [-0.05, 0) is 48.6 Å². The molecular weight excluding hydrogens is 332 g/mol. The minimum Gasteiger partial charge on any atom is -0.337 e. The van der Waals surface area contributed by atoms with Crippen LogP contribution in [-0.4, -0.2) is 47.8 Å². The molecule has 2 amide bonds. The Balaban J connectivity index is 1.69. The predicted molar refractivity (Wildman–Crippen MR) is 102 cm³/mol. The van der Waals surface area contributed by atoms with Crippen LogP contribution in [-0.2, 0) is 0 Å². The summed E-state index contributed by atoms with van der Waals surface area (Å²) in [7, 11) is 0. The Bertz CT molecular complexity index is 569. The van der Waals surface area contributed by atoms with Crippen LogP contribution in [0.5, 0.6) is 0 Å². The van der Waals surface area contributed by atoms with E-state index in [-0.39, 0.29) is 11.8 Å². The first kappa shape index (κ1) is 18.4. The van der Waals surface area contributed by atoms with Crippen molar-refractivity contribution < 1.29 is 9.59 Å². The molecule has 4 atom stereocenters. The molecule has 25 heavy (non-hydrogen) atoms. The quantitative estimate of drug-likeness (QED) is 0.798. The van der Waals surface area contributed by atoms with Crippen LogP contribution in [0.4, 0.5) is 0 Å². The summed E-state index contributed by atoms with van der Waals surface area (Å²) in [6.45, 7) is 12.1. The first-order valence-corrected chi connectivity index (χ1v) is 10.3. The summed E-state index contributed by atoms with van der Waals surface area (Å²) in [5.41, 5.74) is 0. The molecule has 0 bridgehead atoms. The van der Waals surface area contributed by atoms with Crippen molar-refractivity contribution in [2.24, 2.45) is 23.7 Å². The van der Waals surface area contributed by atoms with Crippen molar-refractivity contribution in [2.45, 2.75) is 40.5 Å². The SMILES string of the molecule is CC1CC(C)CN(C(=O)c2ccc(C(=O)N3CC(C)CC(C)C3)s2)C1. The molecule has 2 fully saturated rings. The van der Waals surface area contributed by atoms with Gasteiger partial charge in [0.1, 0.15) is 0 Å². The maximum atomic E-state index is 12.8. The molecule has 138 valence electrons. The number of amides is 2. The van der Waals surface area contributed by atoms with Crippen LogP contribution in [0.2, 0.25) is 0 Å². The lowest BCUT2D eigenvalue weighted by Crippen LogP contribution is -2.42. The van der Waals surface area contributed by atoms with Gasteiger partial charge in [0.15, 0.2) is 0 Å². The number of likely N-dealkylation sites (tertiary alicyclic amines) is 2. The van der Waals surface area contributed by atoms with Crippen LogP contribution in [0.25, 0.3) is 0 Å². The van der Waals surface area contributed by atoms with E-state index in [0.29, 0.717) is 33.4 Å². The summed E-state index contributed by atoms with van der Waals surface area (Å²) in [6, 6.07) is 3.67. The molecule has 0 radical (unpaired) electrons. The largest absolute Gasteiger partial charge is 0.337 e. The van der Waals surface area contributed by atoms with E-state index in [1.165, 1.54) is 24.2 Å². The molecule has 2 saturated heterocycles. The zero-order chi connectivity index (χ0) is 18.1. The lowest BCUT2D eigenvalue weighted by Gasteiger charge is -2.35. The maximum Gasteiger partial charge on any atom is 0.263 e. The highest BCUT2D eigenvalue weighted by atomic mass is 32.1. The van der Waals surface area contributed by atoms with Crippen molar-refractivity contribution in [1.29, 1.82) is 0 Å². The van der Waals surface area contributed by atoms with Crippen molar-refractivity contribution in [3.8, 4) is 0 Å². The van der Waals surface area contributed by atoms with Crippen molar-refractivity contribution in [2.75, 3.05) is 26.2 Å². The number of carbonyl (C=O) groups is 2. The number of hydrogen-bond acceptors (Lipinski definition) is 3. The van der Waals surface area contributed by atoms with Gasteiger partial charge in [-0.15, -0.1) is 11.3 Å². The monoisotopic (exact) mass is 362 g/mol. The Hall–Kier alpha value is -1.36. The van der Waals surface area contributed by atoms with Crippen LogP contribution in [0.1, 0.15) is 59.9 Å². The molecule has 0 aliphatic carbocycles. The number of carbonyl (C=O) groups excluding carboxylic acids is 2. The van der Waals surface area contributed by atoms with Crippen molar-refractivity contribution in [3.05, 3.63) is 21.9 Å². The molecule has 0 N–H and O–H groups in total. The Morgan fingerprint density at radius 1 is 0.760 bits per heavy atom. The van der Waals surface area contributed by atoms with Gasteiger partial charge in [0.05, 0.1) is 9.75 Å². The average molecular weight is 363 g/mol. The van der Waals surface area contributed by atoms with Gasteiger partial charge in [-0.25, -0.2) is 0 Å². The van der Waals surface area contributed by atoms with E-state index in [1.807, 2.05) is 21.9 Å². The lowest BCUT2D eigenvalue weighted by molar-refractivity contribution is 0.0624. The lowest BCUT2D eigenvalue weighted by atomic mass is 9.92. The van der Waals surface area contributed by atoms with Gasteiger partial charge in [0.25, 0.3) is 11.8 Å². The number of piperidine rings is 2. The summed E-state index contributed by atoms with van der Waals surface area (Å²) in [4.78, 5) is 31.0. The molecule has 0 spiro atoms. The number of rotatable bonds is 2. The van der Waals surface area contributed by atoms with E-state index in [9.17, 15) is 9.59 Å². The van der Waals surface area contributed by atoms with Crippen LogP contribution in [0.3, 0.4) is 0 Å². The smallest absolute Gasteiger partial charge is 0.263 e. The van der Waals surface area contributed by atoms with Gasteiger partial charge in [0, 0.05) is 26.2 Å². The third-order valence-electron chi connectivity index (χ3n) is 5.34. The molecule has 3 heterocycles. The van der Waals surface area contributed by atoms with Gasteiger partial charge >= 0.3 is 0 Å². The molecule has 0 saturated carbocycles. The normalized spacial score (nSPS) is 30.4. The standard InChI is InChI=1S/C20H30N2O2S/c1-13-7-14(2)10-21(9-13)19(23)17-5-6-18(25-17)20(24)22-11-15(3)8-16(4)12-22/h5-6,13-16H,7-12H2,1-4H3. The highest BCUT2D eigenvalue weighted by molar-refractivity contribution is 7.15. The van der Waals surface area contributed by atoms with Gasteiger partial charge in [-0.2, -0.15) is 0 Å². The van der Waals surface area contributed by atoms with Gasteiger partial charge < -0.3 is 9.80 Å². The van der Waals surface area contributed by atoms with Crippen LogP contribution in [0, 0.1) is 23.7 Å². The topological polar surface area (TPSA) is 40.6 Å². The second-order valence-electron chi connectivity index (χ2n) is 8.48. The molecule has 4 nitrogen and oxygen atoms in total. The molecule has 4 unspecified atom stereocenters. The summed E-state index contributed by atoms with van der Waals surface area (Å²) in [5.74, 6) is 2.36. The molecule has 3 rings (SSSR count). The highest BCUT2D eigenvalue weighted by Crippen LogP contribution is 2.27. The van der Waals surface area contributed by atoms with Crippen LogP contribution < -0.4 is 0 Å². The minimum absolute atomic E-state index is 0.0860. The second-order valence-corrected chi connectivity index (χ2v) is 9.56. The molecular formula is C20H30N2O2S. The van der Waals surface area contributed by atoms with Gasteiger partial charge in [-0.1, -0.05) is 27.7 Å². The Kier molecular flexibility index (Phi) is 5.52. The third kappa shape index (κ3) is 4.25. The van der Waals surface area contributed by atoms with Crippen molar-refractivity contribution >= 4 is 23.2 Å². The molecule has 2 aliphatic heterocycles. The number of hydrogen-bond donors (Lipinski definition) is 0. The van der Waals surface area contributed by atoms with E-state index < -0.39 is 0 Å². The van der Waals surface area contributed by atoms with Crippen molar-refractivity contribution in [3.63, 3.8) is 0 Å². The van der Waals surface area contributed by atoms with E-state index in [2.05, 4.69) is 27.7 Å². The number of nitrogens with zero attached hydrogens (tertiary/aromatic N) is 2. The summed E-state index contributed by atoms with van der Waals surface area (Å²) < 4.78 is 0. The summed E-state index contributed by atoms with van der Waals surface area (Å²) >= 11 is 1.36. The molecule has 5 heteroatoms. The maximum absolute atomic E-state index is 12.8. The first-order valence-electron chi connectivity index (χ1n) is 9.51. The fourth-order valence-corrected chi connectivity index (χ4v) is 5.48. The zero-order valence-electron chi connectivity index (χ0n) is 15.8. The third-order valence-corrected chi connectivity index (χ3v) is 6.40. The van der Waals surface area contributed by atoms with E-state index in [1.54, 1.807) is 0 Å². The molecule has 1 aromatic heterocycles. The first-order chi connectivity index (χ1) is 11.8. The molecule has 1 aromatic rings. The minimum atomic E-state index is 0.0860. The molecule has 2 aliphatic rings. The summed E-state index contributed by atoms with van der Waals surface area (Å²) in [5, 5.41) is 0. The second kappa shape index (κ2) is 7.48. The Labute approximate surface area is 155 Å². The van der Waals surface area contributed by atoms with Crippen LogP contribution in [0.15, 0.2) is 12.1 Å². The van der Waals surface area contributed by atoms with Crippen LogP contribution >= 0.6 is 11.3 Å². The predicted octanol–water partition coefficient (Wildman–Crippen LogP) is 3.98. The van der Waals surface area contributed by atoms with Crippen molar-refractivity contribution in [1.82, 2.24) is 9.80 Å². The summed E-state index contributed by atoms with van der Waals surface area (Å²) in [6.07, 6.45) is 2.37. The van der Waals surface area contributed by atoms with E-state index >= 15 is 0 Å². The van der Waals surface area contributed by atoms with Gasteiger partial charge in [-0.3, -0.25) is 9.59 Å². The van der Waals surface area contributed by atoms with E-state index in [4.69, 9.17) is 0 Å². The average Bonchev–Trinajstić information content (AvgIpc) is 3.01. The fourth-order valence-electron chi connectivity index (χ4n) is 4.54. The highest BCUT2D eigenvalue weighted by Gasteiger charge is 2.29. The zero-order valence-corrected chi connectivity index (χ0v) is 16.6. The Morgan fingerprint density at radius 3 is 1.40 bits per heavy atom. The molecule has 0 aromatic carbocycles.